The van der Waals surface area contributed by atoms with Crippen molar-refractivity contribution in [2.45, 2.75) is 51.4 Å². The minimum Gasteiger partial charge on any atom is -0.508 e. The van der Waals surface area contributed by atoms with Crippen LogP contribution >= 0.6 is 0 Å². The highest BCUT2D eigenvalue weighted by Gasteiger charge is 2.33. The van der Waals surface area contributed by atoms with E-state index in [4.69, 9.17) is 14.2 Å². The number of rotatable bonds is 3. The SMILES string of the molecule is Cc1cc(O)c2c(c1)OC(c1ccc(O)cc1)CC2=O.Cc1cc(O)c2c(c1)OC(c1ccc(O)cc1)CC2=O.O=C1CC(c2ccc(O)cc2)Oc2cc(O)cc(O)c21. The van der Waals surface area contributed by atoms with Crippen molar-refractivity contribution < 1.29 is 64.3 Å². The Hall–Kier alpha value is -7.67. The highest BCUT2D eigenvalue weighted by molar-refractivity contribution is 6.04. The Labute approximate surface area is 343 Å². The maximum Gasteiger partial charge on any atom is 0.174 e. The molecule has 0 fully saturated rings. The first-order chi connectivity index (χ1) is 28.6. The fourth-order valence-electron chi connectivity index (χ4n) is 7.20. The van der Waals surface area contributed by atoms with Gasteiger partial charge in [0.1, 0.15) is 92.5 Å². The van der Waals surface area contributed by atoms with Crippen molar-refractivity contribution in [3.63, 3.8) is 0 Å². The minimum absolute atomic E-state index is 0.0332. The first-order valence-electron chi connectivity index (χ1n) is 18.8. The second-order valence-electron chi connectivity index (χ2n) is 14.6. The van der Waals surface area contributed by atoms with Crippen molar-refractivity contribution in [2.75, 3.05) is 0 Å². The van der Waals surface area contributed by atoms with Crippen molar-refractivity contribution >= 4 is 17.3 Å². The van der Waals surface area contributed by atoms with Crippen molar-refractivity contribution in [2.24, 2.45) is 0 Å². The lowest BCUT2D eigenvalue weighted by molar-refractivity contribution is 0.0834. The number of benzene rings is 6. The van der Waals surface area contributed by atoms with E-state index in [0.29, 0.717) is 11.5 Å². The van der Waals surface area contributed by atoms with Crippen LogP contribution in [-0.4, -0.2) is 53.1 Å². The van der Waals surface area contributed by atoms with Crippen LogP contribution in [0.5, 0.6) is 57.5 Å². The van der Waals surface area contributed by atoms with E-state index >= 15 is 0 Å². The molecule has 0 saturated carbocycles. The number of carbonyl (C=O) groups is 3. The van der Waals surface area contributed by atoms with Crippen LogP contribution in [0.15, 0.2) is 109 Å². The van der Waals surface area contributed by atoms with Gasteiger partial charge in [-0.25, -0.2) is 0 Å². The molecule has 306 valence electrons. The quantitative estimate of drug-likeness (QED) is 0.0890. The molecule has 60 heavy (non-hydrogen) atoms. The number of hydrogen-bond acceptors (Lipinski definition) is 13. The van der Waals surface area contributed by atoms with Gasteiger partial charge in [0.2, 0.25) is 0 Å². The zero-order valence-electron chi connectivity index (χ0n) is 32.3. The molecule has 3 heterocycles. The summed E-state index contributed by atoms with van der Waals surface area (Å²) in [7, 11) is 0. The van der Waals surface area contributed by atoms with Gasteiger partial charge in [-0.3, -0.25) is 14.4 Å². The van der Waals surface area contributed by atoms with Crippen molar-refractivity contribution in [3.05, 3.63) is 154 Å². The molecule has 3 aliphatic heterocycles. The molecule has 0 aromatic heterocycles. The highest BCUT2D eigenvalue weighted by Crippen LogP contribution is 2.43. The summed E-state index contributed by atoms with van der Waals surface area (Å²) < 4.78 is 17.3. The minimum atomic E-state index is -0.503. The number of ether oxygens (including phenoxy) is 3. The molecule has 0 radical (unpaired) electrons. The van der Waals surface area contributed by atoms with E-state index in [0.717, 1.165) is 33.9 Å². The molecule has 13 nitrogen and oxygen atoms in total. The lowest BCUT2D eigenvalue weighted by Crippen LogP contribution is -2.20. The summed E-state index contributed by atoms with van der Waals surface area (Å²) in [4.78, 5) is 36.5. The average molecular weight is 813 g/mol. The van der Waals surface area contributed by atoms with Gasteiger partial charge in [-0.15, -0.1) is 0 Å². The summed E-state index contributed by atoms with van der Waals surface area (Å²) in [6.07, 6.45) is -0.843. The second kappa shape index (κ2) is 16.7. The van der Waals surface area contributed by atoms with Crippen LogP contribution in [-0.2, 0) is 0 Å². The molecule has 0 amide bonds. The van der Waals surface area contributed by atoms with Crippen LogP contribution in [0.2, 0.25) is 0 Å². The number of phenolic OH excluding ortho intramolecular Hbond substituents is 7. The topological polar surface area (TPSA) is 221 Å². The largest absolute Gasteiger partial charge is 0.508 e. The summed E-state index contributed by atoms with van der Waals surface area (Å²) >= 11 is 0. The van der Waals surface area contributed by atoms with E-state index in [1.807, 2.05) is 13.8 Å². The third kappa shape index (κ3) is 8.75. The number of Topliss-reactive ketones (excluding diaryl/α,β-unsaturated/α-hetero) is 3. The molecule has 6 aromatic carbocycles. The monoisotopic (exact) mass is 812 g/mol. The zero-order valence-corrected chi connectivity index (χ0v) is 32.3. The van der Waals surface area contributed by atoms with Crippen LogP contribution in [0.4, 0.5) is 0 Å². The van der Waals surface area contributed by atoms with E-state index in [9.17, 15) is 50.1 Å². The van der Waals surface area contributed by atoms with Gasteiger partial charge in [0.25, 0.3) is 0 Å². The molecule has 0 spiro atoms. The van der Waals surface area contributed by atoms with E-state index in [2.05, 4.69) is 0 Å². The predicted octanol–water partition coefficient (Wildman–Crippen LogP) is 8.74. The van der Waals surface area contributed by atoms with E-state index in [-0.39, 0.29) is 99.3 Å². The number of fused-ring (bicyclic) bond motifs is 3. The molecule has 0 bridgehead atoms. The molecule has 13 heteroatoms. The molecule has 0 saturated heterocycles. The molecule has 3 atom stereocenters. The molecular formula is C47H40O13. The number of phenols is 7. The van der Waals surface area contributed by atoms with Crippen LogP contribution in [0.1, 0.15) is 96.5 Å². The van der Waals surface area contributed by atoms with Gasteiger partial charge in [-0.1, -0.05) is 36.4 Å². The Balaban J connectivity index is 0.000000136. The fraction of sp³-hybridized carbons (Fsp3) is 0.170. The van der Waals surface area contributed by atoms with Gasteiger partial charge >= 0.3 is 0 Å². The van der Waals surface area contributed by atoms with Crippen LogP contribution < -0.4 is 14.2 Å². The maximum absolute atomic E-state index is 12.2. The third-order valence-corrected chi connectivity index (χ3v) is 10.1. The molecule has 3 unspecified atom stereocenters. The van der Waals surface area contributed by atoms with Gasteiger partial charge in [0.05, 0.1) is 19.3 Å². The lowest BCUT2D eigenvalue weighted by Gasteiger charge is -2.26. The summed E-state index contributed by atoms with van der Waals surface area (Å²) in [6, 6.07) is 28.6. The predicted molar refractivity (Wildman–Crippen MR) is 217 cm³/mol. The van der Waals surface area contributed by atoms with E-state index < -0.39 is 18.3 Å². The third-order valence-electron chi connectivity index (χ3n) is 10.1. The number of aryl methyl sites for hydroxylation is 2. The summed E-state index contributed by atoms with van der Waals surface area (Å²) in [5, 5.41) is 66.8. The Kier molecular flexibility index (Phi) is 11.3. The molecule has 6 aromatic rings. The lowest BCUT2D eigenvalue weighted by atomic mass is 9.95. The summed E-state index contributed by atoms with van der Waals surface area (Å²) in [5.41, 5.74) is 4.66. The van der Waals surface area contributed by atoms with Crippen molar-refractivity contribution in [1.29, 1.82) is 0 Å². The molecular weight excluding hydrogens is 773 g/mol. The Bertz CT molecular complexity index is 2310. The van der Waals surface area contributed by atoms with Crippen LogP contribution in [0.3, 0.4) is 0 Å². The molecule has 3 aliphatic rings. The molecule has 0 aliphatic carbocycles. The Morgan fingerprint density at radius 2 is 0.667 bits per heavy atom. The van der Waals surface area contributed by atoms with Crippen LogP contribution in [0, 0.1) is 13.8 Å². The Morgan fingerprint density at radius 1 is 0.383 bits per heavy atom. The van der Waals surface area contributed by atoms with Crippen LogP contribution in [0.25, 0.3) is 0 Å². The summed E-state index contributed by atoms with van der Waals surface area (Å²) in [6.45, 7) is 3.66. The summed E-state index contributed by atoms with van der Waals surface area (Å²) in [5.74, 6) is 0.426. The van der Waals surface area contributed by atoms with Gasteiger partial charge in [0.15, 0.2) is 17.3 Å². The van der Waals surface area contributed by atoms with Gasteiger partial charge < -0.3 is 50.0 Å². The number of carbonyl (C=O) groups excluding carboxylic acids is 3. The smallest absolute Gasteiger partial charge is 0.174 e. The standard InChI is InChI=1S/2C16H14O4.C15H12O5/c2*1-9-6-12(18)16-13(19)8-14(20-15(16)7-9)10-2-4-11(17)5-3-10;16-9-3-1-8(2-4-9)13-7-12(19)15-11(18)5-10(17)6-14(15)20-13/h2*2-7,14,17-18H,8H2,1H3;1-6,13,16-18H,7H2. The first-order valence-corrected chi connectivity index (χ1v) is 18.8. The fourth-order valence-corrected chi connectivity index (χ4v) is 7.20. The molecule has 9 rings (SSSR count). The van der Waals surface area contributed by atoms with Crippen molar-refractivity contribution in [1.82, 2.24) is 0 Å². The first kappa shape index (κ1) is 40.5. The second-order valence-corrected chi connectivity index (χ2v) is 14.6. The number of aromatic hydroxyl groups is 7. The molecule has 7 N–H and O–H groups in total. The number of hydrogen-bond donors (Lipinski definition) is 7. The van der Waals surface area contributed by atoms with Gasteiger partial charge in [-0.2, -0.15) is 0 Å². The van der Waals surface area contributed by atoms with Gasteiger partial charge in [-0.05, 0) is 102 Å². The van der Waals surface area contributed by atoms with Gasteiger partial charge in [0, 0.05) is 12.1 Å². The normalized spacial score (nSPS) is 17.4. The number of ketones is 3. The van der Waals surface area contributed by atoms with E-state index in [1.165, 1.54) is 18.2 Å². The Morgan fingerprint density at radius 3 is 0.983 bits per heavy atom. The highest BCUT2D eigenvalue weighted by atomic mass is 16.5. The zero-order chi connectivity index (χ0) is 42.8. The maximum atomic E-state index is 12.2. The van der Waals surface area contributed by atoms with Crippen molar-refractivity contribution in [3.8, 4) is 57.5 Å². The van der Waals surface area contributed by atoms with E-state index in [1.54, 1.807) is 84.9 Å². The average Bonchev–Trinajstić information content (AvgIpc) is 3.18.